The van der Waals surface area contributed by atoms with Gasteiger partial charge in [-0.3, -0.25) is 9.59 Å². The van der Waals surface area contributed by atoms with Crippen molar-refractivity contribution in [1.29, 1.82) is 5.26 Å². The summed E-state index contributed by atoms with van der Waals surface area (Å²) in [6, 6.07) is 2.04. The average molecular weight is 237 g/mol. The number of carbonyl (C=O) groups is 2. The molecule has 0 aliphatic heterocycles. The highest BCUT2D eigenvalue weighted by Gasteiger charge is 2.44. The minimum absolute atomic E-state index is 0.0699. The molecular formula is C12H19N3O2. The molecule has 1 aliphatic rings. The number of nitrogens with zero attached hydrogens (tertiary/aromatic N) is 1. The summed E-state index contributed by atoms with van der Waals surface area (Å²) in [7, 11) is 0. The highest BCUT2D eigenvalue weighted by Crippen LogP contribution is 2.40. The molecule has 1 saturated carbocycles. The SMILES string of the molecule is CC(C)(C)NC(=O)CNC(=O)C1(C#N)CCC1. The van der Waals surface area contributed by atoms with Crippen molar-refractivity contribution in [3.05, 3.63) is 0 Å². The van der Waals surface area contributed by atoms with E-state index in [1.165, 1.54) is 0 Å². The molecule has 5 nitrogen and oxygen atoms in total. The second-order valence-corrected chi connectivity index (χ2v) is 5.53. The van der Waals surface area contributed by atoms with Gasteiger partial charge in [-0.25, -0.2) is 0 Å². The van der Waals surface area contributed by atoms with Gasteiger partial charge in [0.15, 0.2) is 0 Å². The molecule has 0 aromatic carbocycles. The summed E-state index contributed by atoms with van der Waals surface area (Å²) in [5.74, 6) is -0.562. The fourth-order valence-electron chi connectivity index (χ4n) is 1.71. The Labute approximate surface area is 102 Å². The molecule has 2 N–H and O–H groups in total. The Morgan fingerprint density at radius 2 is 1.94 bits per heavy atom. The van der Waals surface area contributed by atoms with Crippen LogP contribution in [0.2, 0.25) is 0 Å². The van der Waals surface area contributed by atoms with Crippen LogP contribution in [-0.2, 0) is 9.59 Å². The third-order valence-electron chi connectivity index (χ3n) is 2.78. The Morgan fingerprint density at radius 1 is 1.35 bits per heavy atom. The molecule has 0 bridgehead atoms. The van der Waals surface area contributed by atoms with E-state index in [2.05, 4.69) is 10.6 Å². The van der Waals surface area contributed by atoms with Gasteiger partial charge in [-0.05, 0) is 40.0 Å². The number of nitrogens with one attached hydrogen (secondary N) is 2. The zero-order valence-electron chi connectivity index (χ0n) is 10.6. The maximum atomic E-state index is 11.7. The first-order chi connectivity index (χ1) is 7.79. The molecule has 0 unspecified atom stereocenters. The molecule has 1 rings (SSSR count). The summed E-state index contributed by atoms with van der Waals surface area (Å²) >= 11 is 0. The number of hydrogen-bond acceptors (Lipinski definition) is 3. The molecule has 0 saturated heterocycles. The van der Waals surface area contributed by atoms with Gasteiger partial charge in [0.1, 0.15) is 5.41 Å². The van der Waals surface area contributed by atoms with Crippen LogP contribution in [-0.4, -0.2) is 23.9 Å². The lowest BCUT2D eigenvalue weighted by atomic mass is 9.69. The van der Waals surface area contributed by atoms with Gasteiger partial charge in [0.25, 0.3) is 0 Å². The minimum Gasteiger partial charge on any atom is -0.350 e. The summed E-state index contributed by atoms with van der Waals surface area (Å²) < 4.78 is 0. The van der Waals surface area contributed by atoms with E-state index in [9.17, 15) is 9.59 Å². The van der Waals surface area contributed by atoms with Gasteiger partial charge in [0, 0.05) is 5.54 Å². The summed E-state index contributed by atoms with van der Waals surface area (Å²) in [6.45, 7) is 5.54. The van der Waals surface area contributed by atoms with E-state index < -0.39 is 5.41 Å². The van der Waals surface area contributed by atoms with E-state index in [-0.39, 0.29) is 23.9 Å². The molecule has 0 atom stereocenters. The molecule has 0 spiro atoms. The fraction of sp³-hybridized carbons (Fsp3) is 0.750. The van der Waals surface area contributed by atoms with Gasteiger partial charge in [-0.15, -0.1) is 0 Å². The molecule has 0 aromatic rings. The number of hydrogen-bond donors (Lipinski definition) is 2. The van der Waals surface area contributed by atoms with Crippen molar-refractivity contribution in [2.24, 2.45) is 5.41 Å². The molecule has 2 amide bonds. The molecule has 5 heteroatoms. The Balaban J connectivity index is 2.39. The van der Waals surface area contributed by atoms with Crippen molar-refractivity contribution in [2.45, 2.75) is 45.6 Å². The average Bonchev–Trinajstić information content (AvgIpc) is 2.11. The van der Waals surface area contributed by atoms with Gasteiger partial charge in [0.2, 0.25) is 11.8 Å². The van der Waals surface area contributed by atoms with Gasteiger partial charge in [-0.1, -0.05) is 0 Å². The molecule has 94 valence electrons. The van der Waals surface area contributed by atoms with Crippen molar-refractivity contribution < 1.29 is 9.59 Å². The predicted molar refractivity (Wildman–Crippen MR) is 62.8 cm³/mol. The molecule has 0 aromatic heterocycles. The molecule has 0 heterocycles. The summed E-state index contributed by atoms with van der Waals surface area (Å²) in [4.78, 5) is 23.2. The lowest BCUT2D eigenvalue weighted by Crippen LogP contribution is -2.50. The smallest absolute Gasteiger partial charge is 0.240 e. The van der Waals surface area contributed by atoms with Crippen molar-refractivity contribution in [3.8, 4) is 6.07 Å². The van der Waals surface area contributed by atoms with E-state index in [4.69, 9.17) is 5.26 Å². The highest BCUT2D eigenvalue weighted by molar-refractivity contribution is 5.90. The van der Waals surface area contributed by atoms with E-state index >= 15 is 0 Å². The molecule has 0 radical (unpaired) electrons. The third-order valence-corrected chi connectivity index (χ3v) is 2.78. The normalized spacial score (nSPS) is 17.5. The maximum absolute atomic E-state index is 11.7. The van der Waals surface area contributed by atoms with Crippen LogP contribution < -0.4 is 10.6 Å². The standard InChI is InChI=1S/C12H19N3O2/c1-11(2,3)15-9(16)7-14-10(17)12(8-13)5-4-6-12/h4-7H2,1-3H3,(H,14,17)(H,15,16). The van der Waals surface area contributed by atoms with Crippen LogP contribution in [0.4, 0.5) is 0 Å². The first kappa shape index (κ1) is 13.5. The Hall–Kier alpha value is -1.57. The Kier molecular flexibility index (Phi) is 3.76. The second kappa shape index (κ2) is 4.74. The van der Waals surface area contributed by atoms with Crippen molar-refractivity contribution in [1.82, 2.24) is 10.6 Å². The van der Waals surface area contributed by atoms with E-state index in [0.29, 0.717) is 12.8 Å². The number of carbonyl (C=O) groups excluding carboxylic acids is 2. The van der Waals surface area contributed by atoms with Gasteiger partial charge in [-0.2, -0.15) is 5.26 Å². The van der Waals surface area contributed by atoms with Gasteiger partial charge >= 0.3 is 0 Å². The predicted octanol–water partition coefficient (Wildman–Crippen LogP) is 0.711. The third kappa shape index (κ3) is 3.45. The fourth-order valence-corrected chi connectivity index (χ4v) is 1.71. The van der Waals surface area contributed by atoms with Gasteiger partial charge in [0.05, 0.1) is 12.6 Å². The number of rotatable bonds is 3. The van der Waals surface area contributed by atoms with Crippen LogP contribution in [0.3, 0.4) is 0 Å². The van der Waals surface area contributed by atoms with Crippen LogP contribution in [0.15, 0.2) is 0 Å². The summed E-state index contributed by atoms with van der Waals surface area (Å²) in [5, 5.41) is 14.2. The molecular weight excluding hydrogens is 218 g/mol. The first-order valence-electron chi connectivity index (χ1n) is 5.80. The molecule has 1 fully saturated rings. The van der Waals surface area contributed by atoms with Crippen LogP contribution in [0.25, 0.3) is 0 Å². The van der Waals surface area contributed by atoms with Crippen molar-refractivity contribution in [3.63, 3.8) is 0 Å². The lowest BCUT2D eigenvalue weighted by Gasteiger charge is -2.33. The van der Waals surface area contributed by atoms with Crippen LogP contribution >= 0.6 is 0 Å². The van der Waals surface area contributed by atoms with Crippen LogP contribution in [0.5, 0.6) is 0 Å². The zero-order chi connectivity index (χ0) is 13.1. The van der Waals surface area contributed by atoms with Crippen molar-refractivity contribution in [2.75, 3.05) is 6.54 Å². The Morgan fingerprint density at radius 3 is 2.29 bits per heavy atom. The Bertz CT molecular complexity index is 359. The van der Waals surface area contributed by atoms with E-state index in [1.54, 1.807) is 0 Å². The maximum Gasteiger partial charge on any atom is 0.240 e. The van der Waals surface area contributed by atoms with Crippen LogP contribution in [0.1, 0.15) is 40.0 Å². The highest BCUT2D eigenvalue weighted by atomic mass is 16.2. The summed E-state index contributed by atoms with van der Waals surface area (Å²) in [5.41, 5.74) is -1.20. The number of nitriles is 1. The van der Waals surface area contributed by atoms with Gasteiger partial charge < -0.3 is 10.6 Å². The zero-order valence-corrected chi connectivity index (χ0v) is 10.6. The largest absolute Gasteiger partial charge is 0.350 e. The first-order valence-corrected chi connectivity index (χ1v) is 5.80. The topological polar surface area (TPSA) is 82.0 Å². The van der Waals surface area contributed by atoms with E-state index in [0.717, 1.165) is 6.42 Å². The van der Waals surface area contributed by atoms with Crippen LogP contribution in [0, 0.1) is 16.7 Å². The van der Waals surface area contributed by atoms with E-state index in [1.807, 2.05) is 26.8 Å². The lowest BCUT2D eigenvalue weighted by molar-refractivity contribution is -0.134. The molecule has 17 heavy (non-hydrogen) atoms. The summed E-state index contributed by atoms with van der Waals surface area (Å²) in [6.07, 6.45) is 2.08. The van der Waals surface area contributed by atoms with Crippen molar-refractivity contribution >= 4 is 11.8 Å². The molecule has 1 aliphatic carbocycles. The number of amides is 2. The second-order valence-electron chi connectivity index (χ2n) is 5.53. The monoisotopic (exact) mass is 237 g/mol. The minimum atomic E-state index is -0.887. The quantitative estimate of drug-likeness (QED) is 0.758.